The van der Waals surface area contributed by atoms with Gasteiger partial charge in [0.15, 0.2) is 0 Å². The molecule has 0 aliphatic rings. The van der Waals surface area contributed by atoms with Crippen LogP contribution in [0.15, 0.2) is 71.1 Å². The lowest BCUT2D eigenvalue weighted by Gasteiger charge is -2.09. The topological polar surface area (TPSA) is 99.5 Å². The molecule has 8 nitrogen and oxygen atoms in total. The minimum absolute atomic E-state index is 0.158. The van der Waals surface area contributed by atoms with Crippen LogP contribution in [0.3, 0.4) is 0 Å². The van der Waals surface area contributed by atoms with E-state index in [1.54, 1.807) is 36.6 Å². The highest BCUT2D eigenvalue weighted by Gasteiger charge is 2.19. The molecule has 0 aliphatic carbocycles. The van der Waals surface area contributed by atoms with Crippen LogP contribution in [0.25, 0.3) is 10.2 Å². The molecule has 0 fully saturated rings. The Morgan fingerprint density at radius 2 is 1.78 bits per heavy atom. The molecule has 32 heavy (non-hydrogen) atoms. The smallest absolute Gasteiger partial charge is 0.339 e. The van der Waals surface area contributed by atoms with Crippen LogP contribution in [0.5, 0.6) is 11.5 Å². The van der Waals surface area contributed by atoms with E-state index in [9.17, 15) is 14.4 Å². The Morgan fingerprint density at radius 1 is 1.06 bits per heavy atom. The lowest BCUT2D eigenvalue weighted by Crippen LogP contribution is -2.28. The van der Waals surface area contributed by atoms with E-state index in [0.717, 1.165) is 0 Å². The van der Waals surface area contributed by atoms with Gasteiger partial charge in [0.25, 0.3) is 5.56 Å². The lowest BCUT2D eigenvalue weighted by molar-refractivity contribution is -0.116. The minimum Gasteiger partial charge on any atom is -0.462 e. The van der Waals surface area contributed by atoms with Gasteiger partial charge in [-0.1, -0.05) is 18.2 Å². The molecule has 0 saturated carbocycles. The fourth-order valence-electron chi connectivity index (χ4n) is 3.03. The van der Waals surface area contributed by atoms with Gasteiger partial charge >= 0.3 is 5.97 Å². The molecule has 2 heterocycles. The molecule has 0 spiro atoms. The molecule has 1 N–H and O–H groups in total. The average molecular weight is 449 g/mol. The number of anilines is 1. The highest BCUT2D eigenvalue weighted by Crippen LogP contribution is 2.23. The Morgan fingerprint density at radius 3 is 2.50 bits per heavy atom. The number of esters is 1. The van der Waals surface area contributed by atoms with E-state index in [4.69, 9.17) is 9.47 Å². The number of amides is 1. The van der Waals surface area contributed by atoms with Crippen molar-refractivity contribution in [2.75, 3.05) is 11.9 Å². The number of hydrogen-bond donors (Lipinski definition) is 1. The maximum absolute atomic E-state index is 12.9. The Bertz CT molecular complexity index is 1310. The molecule has 162 valence electrons. The van der Waals surface area contributed by atoms with Gasteiger partial charge in [-0.3, -0.25) is 14.2 Å². The number of carbonyl (C=O) groups is 2. The van der Waals surface area contributed by atoms with Crippen molar-refractivity contribution in [2.24, 2.45) is 0 Å². The van der Waals surface area contributed by atoms with Crippen LogP contribution in [-0.2, 0) is 16.1 Å². The van der Waals surface area contributed by atoms with E-state index in [2.05, 4.69) is 10.3 Å². The SMILES string of the molecule is CCOC(=O)c1csc2ncn(CC(=O)Nc3ccc(Oc4ccccc4)cc3)c(=O)c12. The first kappa shape index (κ1) is 21.3. The van der Waals surface area contributed by atoms with Crippen LogP contribution in [-0.4, -0.2) is 28.0 Å². The molecule has 2 aromatic carbocycles. The number of nitrogens with one attached hydrogen (secondary N) is 1. The first-order chi connectivity index (χ1) is 15.5. The zero-order valence-electron chi connectivity index (χ0n) is 17.1. The number of thiophene rings is 1. The molecule has 0 atom stereocenters. The molecule has 0 unspecified atom stereocenters. The number of fused-ring (bicyclic) bond motifs is 1. The van der Waals surface area contributed by atoms with Crippen molar-refractivity contribution in [2.45, 2.75) is 13.5 Å². The molecule has 2 aromatic heterocycles. The van der Waals surface area contributed by atoms with Crippen molar-refractivity contribution in [1.82, 2.24) is 9.55 Å². The van der Waals surface area contributed by atoms with Gasteiger partial charge in [0.2, 0.25) is 5.91 Å². The van der Waals surface area contributed by atoms with E-state index < -0.39 is 17.4 Å². The van der Waals surface area contributed by atoms with Crippen LogP contribution >= 0.6 is 11.3 Å². The Kier molecular flexibility index (Phi) is 6.27. The summed E-state index contributed by atoms with van der Waals surface area (Å²) >= 11 is 1.18. The van der Waals surface area contributed by atoms with Crippen LogP contribution in [0.1, 0.15) is 17.3 Å². The van der Waals surface area contributed by atoms with Crippen molar-refractivity contribution < 1.29 is 19.1 Å². The molecule has 0 saturated heterocycles. The quantitative estimate of drug-likeness (QED) is 0.427. The summed E-state index contributed by atoms with van der Waals surface area (Å²) in [6.07, 6.45) is 1.30. The standard InChI is InChI=1S/C23H19N3O5S/c1-2-30-23(29)18-13-32-21-20(18)22(28)26(14-24-21)12-19(27)25-15-8-10-17(11-9-15)31-16-6-4-3-5-7-16/h3-11,13-14H,2,12H2,1H3,(H,25,27). The van der Waals surface area contributed by atoms with E-state index in [0.29, 0.717) is 22.0 Å². The highest BCUT2D eigenvalue weighted by atomic mass is 32.1. The molecule has 0 radical (unpaired) electrons. The number of ether oxygens (including phenoxy) is 2. The van der Waals surface area contributed by atoms with Crippen molar-refractivity contribution in [3.63, 3.8) is 0 Å². The van der Waals surface area contributed by atoms with Crippen LogP contribution in [0.2, 0.25) is 0 Å². The van der Waals surface area contributed by atoms with Crippen LogP contribution in [0, 0.1) is 0 Å². The van der Waals surface area contributed by atoms with Gasteiger partial charge in [-0.05, 0) is 43.3 Å². The predicted molar refractivity (Wildman–Crippen MR) is 121 cm³/mol. The maximum Gasteiger partial charge on any atom is 0.339 e. The van der Waals surface area contributed by atoms with E-state index in [1.807, 2.05) is 30.3 Å². The summed E-state index contributed by atoms with van der Waals surface area (Å²) in [5.74, 6) is 0.349. The van der Waals surface area contributed by atoms with Crippen LogP contribution < -0.4 is 15.6 Å². The van der Waals surface area contributed by atoms with Gasteiger partial charge in [-0.2, -0.15) is 0 Å². The number of aromatic nitrogens is 2. The fraction of sp³-hybridized carbons (Fsp3) is 0.130. The zero-order valence-corrected chi connectivity index (χ0v) is 17.9. The van der Waals surface area contributed by atoms with E-state index in [-0.39, 0.29) is 24.1 Å². The minimum atomic E-state index is -0.585. The van der Waals surface area contributed by atoms with E-state index in [1.165, 1.54) is 22.2 Å². The molecule has 0 aliphatic heterocycles. The summed E-state index contributed by atoms with van der Waals surface area (Å²) in [6.45, 7) is 1.64. The Labute approximate surface area is 187 Å². The number of nitrogens with zero attached hydrogens (tertiary/aromatic N) is 2. The number of para-hydroxylation sites is 1. The summed E-state index contributed by atoms with van der Waals surface area (Å²) in [5.41, 5.74) is 0.245. The molecular formula is C23H19N3O5S. The van der Waals surface area contributed by atoms with Gasteiger partial charge < -0.3 is 14.8 Å². The highest BCUT2D eigenvalue weighted by molar-refractivity contribution is 7.17. The van der Waals surface area contributed by atoms with Crippen LogP contribution in [0.4, 0.5) is 5.69 Å². The summed E-state index contributed by atoms with van der Waals surface area (Å²) in [6, 6.07) is 16.2. The molecule has 4 aromatic rings. The third-order valence-electron chi connectivity index (χ3n) is 4.49. The summed E-state index contributed by atoms with van der Waals surface area (Å²) in [5, 5.41) is 4.44. The Hall–Kier alpha value is -3.98. The maximum atomic E-state index is 12.9. The van der Waals surface area contributed by atoms with E-state index >= 15 is 0 Å². The van der Waals surface area contributed by atoms with Crippen molar-refractivity contribution in [3.8, 4) is 11.5 Å². The van der Waals surface area contributed by atoms with Crippen molar-refractivity contribution in [1.29, 1.82) is 0 Å². The lowest BCUT2D eigenvalue weighted by atomic mass is 10.2. The number of hydrogen-bond acceptors (Lipinski definition) is 7. The first-order valence-electron chi connectivity index (χ1n) is 9.81. The average Bonchev–Trinajstić information content (AvgIpc) is 3.23. The third kappa shape index (κ3) is 4.68. The summed E-state index contributed by atoms with van der Waals surface area (Å²) in [7, 11) is 0. The molecule has 0 bridgehead atoms. The van der Waals surface area contributed by atoms with Gasteiger partial charge in [-0.15, -0.1) is 11.3 Å². The molecule has 1 amide bonds. The zero-order chi connectivity index (χ0) is 22.5. The Balaban J connectivity index is 1.46. The molecular weight excluding hydrogens is 430 g/mol. The summed E-state index contributed by atoms with van der Waals surface area (Å²) < 4.78 is 11.9. The molecule has 9 heteroatoms. The predicted octanol–water partition coefficient (Wildman–Crippen LogP) is 4.07. The second-order valence-corrected chi connectivity index (χ2v) is 7.57. The third-order valence-corrected chi connectivity index (χ3v) is 5.37. The number of benzene rings is 2. The fourth-order valence-corrected chi connectivity index (χ4v) is 3.89. The number of rotatable bonds is 7. The second kappa shape index (κ2) is 9.44. The normalized spacial score (nSPS) is 10.7. The van der Waals surface area contributed by atoms with Crippen molar-refractivity contribution >= 4 is 39.1 Å². The first-order valence-corrected chi connectivity index (χ1v) is 10.7. The van der Waals surface area contributed by atoms with Crippen molar-refractivity contribution in [3.05, 3.63) is 82.2 Å². The largest absolute Gasteiger partial charge is 0.462 e. The second-order valence-electron chi connectivity index (χ2n) is 6.72. The molecule has 4 rings (SSSR count). The van der Waals surface area contributed by atoms with Gasteiger partial charge in [-0.25, -0.2) is 9.78 Å². The number of carbonyl (C=O) groups excluding carboxylic acids is 2. The van der Waals surface area contributed by atoms with Gasteiger partial charge in [0.1, 0.15) is 22.9 Å². The van der Waals surface area contributed by atoms with Gasteiger partial charge in [0, 0.05) is 11.1 Å². The van der Waals surface area contributed by atoms with Gasteiger partial charge in [0.05, 0.1) is 23.9 Å². The summed E-state index contributed by atoms with van der Waals surface area (Å²) in [4.78, 5) is 42.1. The monoisotopic (exact) mass is 449 g/mol.